The van der Waals surface area contributed by atoms with E-state index in [1.54, 1.807) is 0 Å². The summed E-state index contributed by atoms with van der Waals surface area (Å²) in [5.74, 6) is -0.0844. The van der Waals surface area contributed by atoms with E-state index in [4.69, 9.17) is 9.84 Å². The fraction of sp³-hybridized carbons (Fsp3) is 0.533. The van der Waals surface area contributed by atoms with Crippen LogP contribution in [0.5, 0.6) is 5.75 Å². The van der Waals surface area contributed by atoms with Crippen LogP contribution >= 0.6 is 0 Å². The van der Waals surface area contributed by atoms with Gasteiger partial charge in [0, 0.05) is 12.0 Å². The van der Waals surface area contributed by atoms with Gasteiger partial charge in [-0.3, -0.25) is 4.79 Å². The van der Waals surface area contributed by atoms with Crippen LogP contribution in [0.1, 0.15) is 49.8 Å². The topological polar surface area (TPSA) is 66.8 Å². The normalized spacial score (nSPS) is 12.2. The van der Waals surface area contributed by atoms with Crippen molar-refractivity contribution in [3.05, 3.63) is 29.3 Å². The third kappa shape index (κ3) is 5.30. The maximum atomic E-state index is 10.4. The van der Waals surface area contributed by atoms with Crippen molar-refractivity contribution in [1.82, 2.24) is 0 Å². The van der Waals surface area contributed by atoms with Crippen LogP contribution in [0, 0.1) is 6.92 Å². The number of rotatable bonds is 8. The van der Waals surface area contributed by atoms with Crippen LogP contribution in [0.4, 0.5) is 0 Å². The molecule has 19 heavy (non-hydrogen) atoms. The number of aliphatic hydroxyl groups is 1. The number of benzene rings is 1. The minimum atomic E-state index is -0.792. The van der Waals surface area contributed by atoms with Crippen molar-refractivity contribution in [3.8, 4) is 5.75 Å². The highest BCUT2D eigenvalue weighted by Crippen LogP contribution is 2.29. The lowest BCUT2D eigenvalue weighted by molar-refractivity contribution is -0.137. The van der Waals surface area contributed by atoms with Gasteiger partial charge in [-0.05, 0) is 45.2 Å². The van der Waals surface area contributed by atoms with E-state index in [1.807, 2.05) is 32.0 Å². The molecule has 0 spiro atoms. The molecule has 0 amide bonds. The number of hydrogen-bond donors (Lipinski definition) is 2. The molecule has 106 valence electrons. The van der Waals surface area contributed by atoms with E-state index in [9.17, 15) is 9.90 Å². The predicted octanol–water partition coefficient (Wildman–Crippen LogP) is 3.07. The monoisotopic (exact) mass is 266 g/mol. The molecule has 0 saturated carbocycles. The van der Waals surface area contributed by atoms with Crippen LogP contribution in [0.25, 0.3) is 0 Å². The number of ether oxygens (including phenoxy) is 1. The Kier molecular flexibility index (Phi) is 6.36. The minimum absolute atomic E-state index is 0.152. The Bertz CT molecular complexity index is 415. The summed E-state index contributed by atoms with van der Waals surface area (Å²) in [6.45, 7) is 4.43. The standard InChI is InChI=1S/C15H22O4/c1-3-19-14-9-8-11(2)10-12(14)13(16)6-4-5-7-15(17)18/h8-10,13,16H,3-7H2,1-2H3,(H,17,18). The molecule has 1 aromatic rings. The zero-order valence-electron chi connectivity index (χ0n) is 11.6. The van der Waals surface area contributed by atoms with Crippen LogP contribution < -0.4 is 4.74 Å². The molecule has 4 nitrogen and oxygen atoms in total. The Morgan fingerprint density at radius 2 is 2.11 bits per heavy atom. The van der Waals surface area contributed by atoms with Crippen molar-refractivity contribution in [1.29, 1.82) is 0 Å². The Hall–Kier alpha value is -1.55. The van der Waals surface area contributed by atoms with Crippen molar-refractivity contribution >= 4 is 5.97 Å². The summed E-state index contributed by atoms with van der Waals surface area (Å²) in [6, 6.07) is 5.74. The lowest BCUT2D eigenvalue weighted by Gasteiger charge is -2.16. The molecule has 0 bridgehead atoms. The van der Waals surface area contributed by atoms with Crippen LogP contribution in [-0.4, -0.2) is 22.8 Å². The molecule has 0 aromatic heterocycles. The molecule has 0 saturated heterocycles. The maximum absolute atomic E-state index is 10.4. The fourth-order valence-corrected chi connectivity index (χ4v) is 1.98. The van der Waals surface area contributed by atoms with Crippen molar-refractivity contribution in [2.24, 2.45) is 0 Å². The lowest BCUT2D eigenvalue weighted by atomic mass is 10.0. The second-order valence-electron chi connectivity index (χ2n) is 4.63. The van der Waals surface area contributed by atoms with E-state index < -0.39 is 12.1 Å². The summed E-state index contributed by atoms with van der Waals surface area (Å²) in [6.07, 6.45) is 1.38. The largest absolute Gasteiger partial charge is 0.493 e. The zero-order chi connectivity index (χ0) is 14.3. The summed E-state index contributed by atoms with van der Waals surface area (Å²) >= 11 is 0. The number of aliphatic carboxylic acids is 1. The first kappa shape index (κ1) is 15.5. The molecule has 1 rings (SSSR count). The molecule has 0 radical (unpaired) electrons. The number of unbranched alkanes of at least 4 members (excludes halogenated alkanes) is 1. The van der Waals surface area contributed by atoms with Gasteiger partial charge in [-0.1, -0.05) is 11.6 Å². The average molecular weight is 266 g/mol. The van der Waals surface area contributed by atoms with E-state index in [1.165, 1.54) is 0 Å². The number of carboxylic acids is 1. The van der Waals surface area contributed by atoms with Crippen LogP contribution in [0.2, 0.25) is 0 Å². The first-order chi connectivity index (χ1) is 9.04. The highest BCUT2D eigenvalue weighted by molar-refractivity contribution is 5.66. The molecule has 1 unspecified atom stereocenters. The number of aliphatic hydroxyl groups excluding tert-OH is 1. The third-order valence-electron chi connectivity index (χ3n) is 2.94. The molecule has 4 heteroatoms. The molecular weight excluding hydrogens is 244 g/mol. The number of aryl methyl sites for hydroxylation is 1. The highest BCUT2D eigenvalue weighted by atomic mass is 16.5. The van der Waals surface area contributed by atoms with Gasteiger partial charge in [-0.25, -0.2) is 0 Å². The second-order valence-corrected chi connectivity index (χ2v) is 4.63. The first-order valence-corrected chi connectivity index (χ1v) is 6.67. The summed E-state index contributed by atoms with van der Waals surface area (Å²) < 4.78 is 5.50. The molecule has 0 aliphatic carbocycles. The molecule has 0 aliphatic heterocycles. The molecule has 0 fully saturated rings. The van der Waals surface area contributed by atoms with Gasteiger partial charge in [-0.2, -0.15) is 0 Å². The van der Waals surface area contributed by atoms with Crippen molar-refractivity contribution < 1.29 is 19.7 Å². The van der Waals surface area contributed by atoms with Crippen LogP contribution in [-0.2, 0) is 4.79 Å². The van der Waals surface area contributed by atoms with E-state index >= 15 is 0 Å². The SMILES string of the molecule is CCOc1ccc(C)cc1C(O)CCCCC(=O)O. The predicted molar refractivity (Wildman–Crippen MR) is 73.4 cm³/mol. The van der Waals surface area contributed by atoms with Gasteiger partial charge in [0.25, 0.3) is 0 Å². The van der Waals surface area contributed by atoms with Crippen LogP contribution in [0.15, 0.2) is 18.2 Å². The van der Waals surface area contributed by atoms with Gasteiger partial charge in [-0.15, -0.1) is 0 Å². The zero-order valence-corrected chi connectivity index (χ0v) is 11.6. The van der Waals surface area contributed by atoms with Gasteiger partial charge in [0.15, 0.2) is 0 Å². The van der Waals surface area contributed by atoms with Crippen molar-refractivity contribution in [2.45, 2.75) is 45.6 Å². The first-order valence-electron chi connectivity index (χ1n) is 6.67. The van der Waals surface area contributed by atoms with Crippen molar-refractivity contribution in [2.75, 3.05) is 6.61 Å². The van der Waals surface area contributed by atoms with Gasteiger partial charge < -0.3 is 14.9 Å². The Morgan fingerprint density at radius 3 is 2.74 bits per heavy atom. The van der Waals surface area contributed by atoms with Gasteiger partial charge in [0.2, 0.25) is 0 Å². The number of hydrogen-bond acceptors (Lipinski definition) is 3. The van der Waals surface area contributed by atoms with Gasteiger partial charge >= 0.3 is 5.97 Å². The third-order valence-corrected chi connectivity index (χ3v) is 2.94. The van der Waals surface area contributed by atoms with Gasteiger partial charge in [0.1, 0.15) is 5.75 Å². The molecule has 2 N–H and O–H groups in total. The molecular formula is C15H22O4. The molecule has 0 aliphatic rings. The average Bonchev–Trinajstić information content (AvgIpc) is 2.36. The Balaban J connectivity index is 2.61. The van der Waals surface area contributed by atoms with Gasteiger partial charge in [0.05, 0.1) is 12.7 Å². The fourth-order valence-electron chi connectivity index (χ4n) is 1.98. The maximum Gasteiger partial charge on any atom is 0.303 e. The van der Waals surface area contributed by atoms with E-state index in [0.29, 0.717) is 31.6 Å². The molecule has 0 heterocycles. The summed E-state index contributed by atoms with van der Waals surface area (Å²) in [5, 5.41) is 18.8. The Morgan fingerprint density at radius 1 is 1.37 bits per heavy atom. The smallest absolute Gasteiger partial charge is 0.303 e. The van der Waals surface area contributed by atoms with E-state index in [-0.39, 0.29) is 6.42 Å². The Labute approximate surface area is 114 Å². The number of carboxylic acid groups (broad SMARTS) is 1. The van der Waals surface area contributed by atoms with E-state index in [2.05, 4.69) is 0 Å². The number of carbonyl (C=O) groups is 1. The summed E-state index contributed by atoms with van der Waals surface area (Å²) in [4.78, 5) is 10.4. The van der Waals surface area contributed by atoms with Crippen molar-refractivity contribution in [3.63, 3.8) is 0 Å². The summed E-state index contributed by atoms with van der Waals surface area (Å²) in [5.41, 5.74) is 1.86. The molecule has 1 atom stereocenters. The summed E-state index contributed by atoms with van der Waals surface area (Å²) in [7, 11) is 0. The minimum Gasteiger partial charge on any atom is -0.493 e. The van der Waals surface area contributed by atoms with E-state index in [0.717, 1.165) is 11.1 Å². The molecule has 1 aromatic carbocycles. The second kappa shape index (κ2) is 7.79. The van der Waals surface area contributed by atoms with Crippen LogP contribution in [0.3, 0.4) is 0 Å². The quantitative estimate of drug-likeness (QED) is 0.710. The lowest BCUT2D eigenvalue weighted by Crippen LogP contribution is -2.04. The highest BCUT2D eigenvalue weighted by Gasteiger charge is 2.13.